The van der Waals surface area contributed by atoms with E-state index in [4.69, 9.17) is 0 Å². The highest BCUT2D eigenvalue weighted by atomic mass is 16.3. The van der Waals surface area contributed by atoms with Gasteiger partial charge in [-0.05, 0) is 37.1 Å². The van der Waals surface area contributed by atoms with Gasteiger partial charge < -0.3 is 5.11 Å². The number of hydrogen-bond donors (Lipinski definition) is 5. The Morgan fingerprint density at radius 1 is 0.750 bits per heavy atom. The molecule has 1 atom stereocenters. The van der Waals surface area contributed by atoms with Crippen LogP contribution in [0.5, 0.6) is 0 Å². The Balaban J connectivity index is 1.89. The molecule has 0 heterocycles. The van der Waals surface area contributed by atoms with E-state index in [1.165, 1.54) is 19.3 Å². The van der Waals surface area contributed by atoms with Gasteiger partial charge in [-0.3, -0.25) is 31.3 Å². The van der Waals surface area contributed by atoms with Gasteiger partial charge in [-0.2, -0.15) is 0 Å². The maximum absolute atomic E-state index is 12.8. The number of rotatable bonds is 15. The summed E-state index contributed by atoms with van der Waals surface area (Å²) in [5.74, 6) is -2.04. The Labute approximate surface area is 190 Å². The molecule has 2 rings (SSSR count). The van der Waals surface area contributed by atoms with Gasteiger partial charge in [-0.25, -0.2) is 0 Å². The Morgan fingerprint density at radius 3 is 1.72 bits per heavy atom. The van der Waals surface area contributed by atoms with Gasteiger partial charge in [0.1, 0.15) is 5.92 Å². The quantitative estimate of drug-likeness (QED) is 0.161. The number of para-hydroxylation sites is 2. The molecule has 7 nitrogen and oxygen atoms in total. The van der Waals surface area contributed by atoms with Crippen LogP contribution in [0.15, 0.2) is 60.7 Å². The van der Waals surface area contributed by atoms with Crippen molar-refractivity contribution < 1.29 is 14.7 Å². The minimum atomic E-state index is -1.04. The normalized spacial score (nSPS) is 11.6. The van der Waals surface area contributed by atoms with Crippen molar-refractivity contribution in [2.75, 3.05) is 10.9 Å². The molecule has 0 saturated heterocycles. The van der Waals surface area contributed by atoms with E-state index >= 15 is 0 Å². The van der Waals surface area contributed by atoms with Gasteiger partial charge in [-0.1, -0.05) is 81.8 Å². The van der Waals surface area contributed by atoms with Crippen molar-refractivity contribution in [1.29, 1.82) is 0 Å². The summed E-state index contributed by atoms with van der Waals surface area (Å²) in [5, 5.41) is 10.5. The van der Waals surface area contributed by atoms with E-state index in [0.717, 1.165) is 19.3 Å². The largest absolute Gasteiger partial charge is 0.393 e. The van der Waals surface area contributed by atoms with Crippen LogP contribution in [0.2, 0.25) is 0 Å². The standard InChI is InChI=1S/C25H36N4O3/c1-2-3-4-5-6-13-18-22(30)19-23(24(31)28-26-20-14-9-7-10-15-20)25(32)29-27-21-16-11-8-12-17-21/h7-12,14-17,22-23,26-27,30H,2-6,13,18-19H2,1H3,(H,28,31)(H,29,32)/t22-/m1/s1. The zero-order valence-corrected chi connectivity index (χ0v) is 18.8. The van der Waals surface area contributed by atoms with Crippen LogP contribution in [0.4, 0.5) is 11.4 Å². The highest BCUT2D eigenvalue weighted by Gasteiger charge is 2.29. The lowest BCUT2D eigenvalue weighted by atomic mass is 9.96. The van der Waals surface area contributed by atoms with E-state index in [9.17, 15) is 14.7 Å². The fourth-order valence-corrected chi connectivity index (χ4v) is 3.37. The first-order chi connectivity index (χ1) is 15.6. The number of carbonyl (C=O) groups excluding carboxylic acids is 2. The van der Waals surface area contributed by atoms with E-state index < -0.39 is 23.8 Å². The number of nitrogens with one attached hydrogen (secondary N) is 4. The van der Waals surface area contributed by atoms with Crippen molar-refractivity contribution in [3.8, 4) is 0 Å². The highest BCUT2D eigenvalue weighted by molar-refractivity contribution is 6.01. The van der Waals surface area contributed by atoms with Gasteiger partial charge in [-0.15, -0.1) is 0 Å². The lowest BCUT2D eigenvalue weighted by Gasteiger charge is -2.20. The van der Waals surface area contributed by atoms with E-state index in [-0.39, 0.29) is 6.42 Å². The predicted molar refractivity (Wildman–Crippen MR) is 129 cm³/mol. The number of benzene rings is 2. The molecule has 0 bridgehead atoms. The van der Waals surface area contributed by atoms with Crippen LogP contribution in [0, 0.1) is 5.92 Å². The molecule has 0 radical (unpaired) electrons. The number of amides is 2. The van der Waals surface area contributed by atoms with Crippen LogP contribution in [0.3, 0.4) is 0 Å². The van der Waals surface area contributed by atoms with E-state index in [1.807, 2.05) is 36.4 Å². The SMILES string of the molecule is CCCCCCCC[C@@H](O)CC(C(=O)NNc1ccccc1)C(=O)NNc1ccccc1. The topological polar surface area (TPSA) is 102 Å². The summed E-state index contributed by atoms with van der Waals surface area (Å²) in [6.07, 6.45) is 6.60. The fourth-order valence-electron chi connectivity index (χ4n) is 3.37. The minimum absolute atomic E-state index is 0.0551. The summed E-state index contributed by atoms with van der Waals surface area (Å²) >= 11 is 0. The first kappa shape index (κ1) is 25.2. The highest BCUT2D eigenvalue weighted by Crippen LogP contribution is 2.16. The van der Waals surface area contributed by atoms with Crippen LogP contribution in [0.25, 0.3) is 0 Å². The first-order valence-electron chi connectivity index (χ1n) is 11.5. The second-order valence-electron chi connectivity index (χ2n) is 7.96. The molecule has 0 aliphatic carbocycles. The molecule has 32 heavy (non-hydrogen) atoms. The van der Waals surface area contributed by atoms with Crippen molar-refractivity contribution in [1.82, 2.24) is 10.9 Å². The molecule has 2 amide bonds. The molecule has 0 fully saturated rings. The number of hydrazine groups is 2. The molecule has 0 unspecified atom stereocenters. The monoisotopic (exact) mass is 440 g/mol. The molecule has 174 valence electrons. The maximum Gasteiger partial charge on any atom is 0.251 e. The zero-order valence-electron chi connectivity index (χ0n) is 18.8. The van der Waals surface area contributed by atoms with Gasteiger partial charge >= 0.3 is 0 Å². The second-order valence-corrected chi connectivity index (χ2v) is 7.96. The summed E-state index contributed by atoms with van der Waals surface area (Å²) in [7, 11) is 0. The third-order valence-electron chi connectivity index (χ3n) is 5.24. The van der Waals surface area contributed by atoms with E-state index in [0.29, 0.717) is 17.8 Å². The summed E-state index contributed by atoms with van der Waals surface area (Å²) in [6.45, 7) is 2.18. The van der Waals surface area contributed by atoms with Crippen molar-refractivity contribution >= 4 is 23.2 Å². The van der Waals surface area contributed by atoms with Gasteiger partial charge in [0.25, 0.3) is 11.8 Å². The van der Waals surface area contributed by atoms with Crippen LogP contribution < -0.4 is 21.7 Å². The smallest absolute Gasteiger partial charge is 0.251 e. The molecule has 0 saturated carbocycles. The molecule has 0 aromatic heterocycles. The molecule has 2 aromatic rings. The molecule has 0 spiro atoms. The summed E-state index contributed by atoms with van der Waals surface area (Å²) in [4.78, 5) is 25.6. The summed E-state index contributed by atoms with van der Waals surface area (Å²) < 4.78 is 0. The Morgan fingerprint density at radius 2 is 1.22 bits per heavy atom. The number of aliphatic hydroxyl groups excluding tert-OH is 1. The lowest BCUT2D eigenvalue weighted by molar-refractivity contribution is -0.136. The third kappa shape index (κ3) is 9.83. The second kappa shape index (κ2) is 14.9. The van der Waals surface area contributed by atoms with Gasteiger partial charge in [0.15, 0.2) is 0 Å². The van der Waals surface area contributed by atoms with Crippen molar-refractivity contribution in [2.24, 2.45) is 5.92 Å². The minimum Gasteiger partial charge on any atom is -0.393 e. The Bertz CT molecular complexity index is 731. The molecular weight excluding hydrogens is 404 g/mol. The van der Waals surface area contributed by atoms with Crippen molar-refractivity contribution in [2.45, 2.75) is 64.4 Å². The van der Waals surface area contributed by atoms with Crippen LogP contribution in [-0.2, 0) is 9.59 Å². The average molecular weight is 441 g/mol. The van der Waals surface area contributed by atoms with Crippen LogP contribution >= 0.6 is 0 Å². The van der Waals surface area contributed by atoms with E-state index in [2.05, 4.69) is 28.6 Å². The third-order valence-corrected chi connectivity index (χ3v) is 5.24. The molecule has 5 N–H and O–H groups in total. The Hall–Kier alpha value is -3.06. The summed E-state index contributed by atoms with van der Waals surface area (Å²) in [6, 6.07) is 18.3. The molecular formula is C25H36N4O3. The number of unbranched alkanes of at least 4 members (excludes halogenated alkanes) is 5. The van der Waals surface area contributed by atoms with Crippen molar-refractivity contribution in [3.05, 3.63) is 60.7 Å². The maximum atomic E-state index is 12.8. The number of aliphatic hydroxyl groups is 1. The van der Waals surface area contributed by atoms with Crippen molar-refractivity contribution in [3.63, 3.8) is 0 Å². The number of hydrogen-bond acceptors (Lipinski definition) is 5. The molecule has 0 aliphatic heterocycles. The average Bonchev–Trinajstić information content (AvgIpc) is 2.83. The number of carbonyl (C=O) groups is 2. The van der Waals surface area contributed by atoms with Crippen LogP contribution in [-0.4, -0.2) is 23.0 Å². The van der Waals surface area contributed by atoms with Crippen LogP contribution in [0.1, 0.15) is 58.3 Å². The molecule has 7 heteroatoms. The molecule has 2 aromatic carbocycles. The van der Waals surface area contributed by atoms with Gasteiger partial charge in [0, 0.05) is 0 Å². The predicted octanol–water partition coefficient (Wildman–Crippen LogP) is 4.39. The zero-order chi connectivity index (χ0) is 23.0. The lowest BCUT2D eigenvalue weighted by Crippen LogP contribution is -2.46. The summed E-state index contributed by atoms with van der Waals surface area (Å²) in [5.41, 5.74) is 12.2. The number of anilines is 2. The van der Waals surface area contributed by atoms with Gasteiger partial charge in [0.2, 0.25) is 0 Å². The fraction of sp³-hybridized carbons (Fsp3) is 0.440. The first-order valence-corrected chi connectivity index (χ1v) is 11.5. The molecule has 0 aliphatic rings. The van der Waals surface area contributed by atoms with E-state index in [1.54, 1.807) is 24.3 Å². The Kier molecular flexibility index (Phi) is 11.7. The van der Waals surface area contributed by atoms with Gasteiger partial charge in [0.05, 0.1) is 17.5 Å².